The molecule has 1 N–H and O–H groups in total. The molecule has 0 radical (unpaired) electrons. The van der Waals surface area contributed by atoms with Gasteiger partial charge < -0.3 is 5.32 Å². The van der Waals surface area contributed by atoms with Crippen molar-refractivity contribution in [3.63, 3.8) is 0 Å². The summed E-state index contributed by atoms with van der Waals surface area (Å²) in [7, 11) is 0. The van der Waals surface area contributed by atoms with Gasteiger partial charge in [-0.1, -0.05) is 6.07 Å². The van der Waals surface area contributed by atoms with Gasteiger partial charge in [0.05, 0.1) is 21.3 Å². The summed E-state index contributed by atoms with van der Waals surface area (Å²) in [5.41, 5.74) is 2.30. The maximum Gasteiger partial charge on any atom is 0.188 e. The van der Waals surface area contributed by atoms with Crippen molar-refractivity contribution in [2.24, 2.45) is 0 Å². The van der Waals surface area contributed by atoms with E-state index in [2.05, 4.69) is 20.3 Å². The van der Waals surface area contributed by atoms with Crippen molar-refractivity contribution >= 4 is 33.6 Å². The zero-order chi connectivity index (χ0) is 14.8. The van der Waals surface area contributed by atoms with Crippen molar-refractivity contribution in [3.8, 4) is 16.6 Å². The summed E-state index contributed by atoms with van der Waals surface area (Å²) in [6.45, 7) is 3.98. The fourth-order valence-corrected chi connectivity index (χ4v) is 3.54. The highest BCUT2D eigenvalue weighted by Crippen LogP contribution is 2.32. The van der Waals surface area contributed by atoms with Crippen molar-refractivity contribution in [1.29, 1.82) is 5.26 Å². The number of nitrogens with zero attached hydrogens (tertiary/aromatic N) is 4. The minimum atomic E-state index is 0.380. The Morgan fingerprint density at radius 1 is 1.19 bits per heavy atom. The van der Waals surface area contributed by atoms with Crippen LogP contribution in [0.5, 0.6) is 0 Å². The maximum atomic E-state index is 8.85. The molecule has 0 saturated heterocycles. The fraction of sp³-hybridized carbons (Fsp3) is 0.143. The van der Waals surface area contributed by atoms with E-state index in [1.807, 2.05) is 31.4 Å². The normalized spacial score (nSPS) is 10.3. The molecule has 0 atom stereocenters. The van der Waals surface area contributed by atoms with Gasteiger partial charge in [-0.05, 0) is 26.0 Å². The maximum absolute atomic E-state index is 8.85. The van der Waals surface area contributed by atoms with Crippen LogP contribution in [-0.2, 0) is 0 Å². The minimum Gasteiger partial charge on any atom is -0.316 e. The second-order valence-corrected chi connectivity index (χ2v) is 6.39. The molecule has 0 aliphatic carbocycles. The van der Waals surface area contributed by atoms with Gasteiger partial charge in [-0.3, -0.25) is 0 Å². The van der Waals surface area contributed by atoms with Gasteiger partial charge in [0.1, 0.15) is 17.6 Å². The Morgan fingerprint density at radius 2 is 2.05 bits per heavy atom. The van der Waals surface area contributed by atoms with Gasteiger partial charge in [-0.2, -0.15) is 5.26 Å². The Balaban J connectivity index is 1.85. The van der Waals surface area contributed by atoms with Crippen molar-refractivity contribution in [1.82, 2.24) is 15.0 Å². The van der Waals surface area contributed by atoms with Crippen LogP contribution in [0.15, 0.2) is 23.6 Å². The number of hydrogen-bond donors (Lipinski definition) is 1. The molecule has 0 aromatic carbocycles. The second kappa shape index (κ2) is 5.60. The van der Waals surface area contributed by atoms with E-state index in [1.54, 1.807) is 23.5 Å². The molecular formula is C14H11N5S2. The summed E-state index contributed by atoms with van der Waals surface area (Å²) in [4.78, 5) is 14.2. The van der Waals surface area contributed by atoms with Crippen LogP contribution in [0.3, 0.4) is 0 Å². The van der Waals surface area contributed by atoms with Crippen LogP contribution in [0.1, 0.15) is 16.4 Å². The van der Waals surface area contributed by atoms with Crippen LogP contribution in [0.4, 0.5) is 10.9 Å². The molecule has 0 unspecified atom stereocenters. The first-order valence-corrected chi connectivity index (χ1v) is 7.89. The molecule has 0 spiro atoms. The summed E-state index contributed by atoms with van der Waals surface area (Å²) in [5.74, 6) is 0.618. The van der Waals surface area contributed by atoms with Crippen LogP contribution in [-0.4, -0.2) is 15.0 Å². The van der Waals surface area contributed by atoms with E-state index >= 15 is 0 Å². The average Bonchev–Trinajstić information content (AvgIpc) is 3.05. The van der Waals surface area contributed by atoms with Gasteiger partial charge >= 0.3 is 0 Å². The smallest absolute Gasteiger partial charge is 0.188 e. The van der Waals surface area contributed by atoms with E-state index in [1.165, 1.54) is 11.3 Å². The second-order valence-electron chi connectivity index (χ2n) is 4.33. The zero-order valence-corrected chi connectivity index (χ0v) is 13.0. The van der Waals surface area contributed by atoms with Crippen molar-refractivity contribution in [3.05, 3.63) is 40.0 Å². The standard InChI is InChI=1S/C14H11N5S2/c1-8-13(21-9(2)16-8)11-7-20-14(18-11)19-12-5-3-4-10(6-15)17-12/h3-5,7H,1-2H3,(H,17,18,19). The van der Waals surface area contributed by atoms with E-state index < -0.39 is 0 Å². The number of nitrogens with one attached hydrogen (secondary N) is 1. The Kier molecular flexibility index (Phi) is 3.64. The molecule has 0 bridgehead atoms. The lowest BCUT2D eigenvalue weighted by Crippen LogP contribution is -1.94. The third-order valence-corrected chi connectivity index (χ3v) is 4.59. The van der Waals surface area contributed by atoms with Gasteiger partial charge in [0.25, 0.3) is 0 Å². The van der Waals surface area contributed by atoms with Gasteiger partial charge in [0.2, 0.25) is 0 Å². The summed E-state index contributed by atoms with van der Waals surface area (Å²) in [5, 5.41) is 15.8. The first kappa shape index (κ1) is 13.7. The van der Waals surface area contributed by atoms with Crippen LogP contribution in [0.25, 0.3) is 10.6 Å². The molecule has 0 saturated carbocycles. The molecule has 7 heteroatoms. The molecule has 3 heterocycles. The monoisotopic (exact) mass is 313 g/mol. The zero-order valence-electron chi connectivity index (χ0n) is 11.4. The predicted molar refractivity (Wildman–Crippen MR) is 84.9 cm³/mol. The van der Waals surface area contributed by atoms with Crippen LogP contribution in [0.2, 0.25) is 0 Å². The molecule has 0 fully saturated rings. The molecule has 3 aromatic heterocycles. The lowest BCUT2D eigenvalue weighted by molar-refractivity contribution is 1.20. The summed E-state index contributed by atoms with van der Waals surface area (Å²) in [6.07, 6.45) is 0. The molecule has 3 aromatic rings. The van der Waals surface area contributed by atoms with E-state index in [0.717, 1.165) is 26.4 Å². The summed E-state index contributed by atoms with van der Waals surface area (Å²) in [6, 6.07) is 7.29. The molecule has 0 amide bonds. The van der Waals surface area contributed by atoms with Crippen LogP contribution in [0, 0.1) is 25.2 Å². The van der Waals surface area contributed by atoms with Crippen molar-refractivity contribution < 1.29 is 0 Å². The van der Waals surface area contributed by atoms with E-state index in [-0.39, 0.29) is 0 Å². The van der Waals surface area contributed by atoms with Gasteiger partial charge in [0, 0.05) is 5.38 Å². The lowest BCUT2D eigenvalue weighted by atomic mass is 10.3. The van der Waals surface area contributed by atoms with Gasteiger partial charge in [-0.25, -0.2) is 15.0 Å². The third-order valence-electron chi connectivity index (χ3n) is 2.74. The summed E-state index contributed by atoms with van der Waals surface area (Å²) < 4.78 is 0. The largest absolute Gasteiger partial charge is 0.316 e. The number of rotatable bonds is 3. The first-order chi connectivity index (χ1) is 10.2. The molecule has 0 aliphatic rings. The number of pyridine rings is 1. The highest BCUT2D eigenvalue weighted by atomic mass is 32.1. The van der Waals surface area contributed by atoms with E-state index in [9.17, 15) is 0 Å². The molecule has 21 heavy (non-hydrogen) atoms. The van der Waals surface area contributed by atoms with Crippen molar-refractivity contribution in [2.45, 2.75) is 13.8 Å². The Labute approximate surface area is 130 Å². The fourth-order valence-electron chi connectivity index (χ4n) is 1.88. The Bertz CT molecular complexity index is 828. The molecule has 104 valence electrons. The molecular weight excluding hydrogens is 302 g/mol. The van der Waals surface area contributed by atoms with Crippen LogP contribution >= 0.6 is 22.7 Å². The van der Waals surface area contributed by atoms with Crippen molar-refractivity contribution in [2.75, 3.05) is 5.32 Å². The quantitative estimate of drug-likeness (QED) is 0.794. The number of aromatic nitrogens is 3. The van der Waals surface area contributed by atoms with E-state index in [0.29, 0.717) is 11.5 Å². The molecule has 0 aliphatic heterocycles. The number of nitriles is 1. The highest BCUT2D eigenvalue weighted by molar-refractivity contribution is 7.16. The number of aryl methyl sites for hydroxylation is 2. The Hall–Kier alpha value is -2.30. The minimum absolute atomic E-state index is 0.380. The Morgan fingerprint density at radius 3 is 2.76 bits per heavy atom. The lowest BCUT2D eigenvalue weighted by Gasteiger charge is -2.00. The highest BCUT2D eigenvalue weighted by Gasteiger charge is 2.11. The SMILES string of the molecule is Cc1nc(C)c(-c2csc(Nc3cccc(C#N)n3)n2)s1. The topological polar surface area (TPSA) is 74.5 Å². The summed E-state index contributed by atoms with van der Waals surface area (Å²) >= 11 is 3.14. The molecule has 5 nitrogen and oxygen atoms in total. The average molecular weight is 313 g/mol. The van der Waals surface area contributed by atoms with Gasteiger partial charge in [-0.15, -0.1) is 22.7 Å². The number of thiazole rings is 2. The predicted octanol–water partition coefficient (Wildman–Crippen LogP) is 3.89. The van der Waals surface area contributed by atoms with Crippen LogP contribution < -0.4 is 5.32 Å². The number of anilines is 2. The molecule has 3 rings (SSSR count). The van der Waals surface area contributed by atoms with Gasteiger partial charge in [0.15, 0.2) is 5.13 Å². The first-order valence-electron chi connectivity index (χ1n) is 6.20. The third kappa shape index (κ3) is 2.91. The van der Waals surface area contributed by atoms with E-state index in [4.69, 9.17) is 5.26 Å². The number of hydrogen-bond acceptors (Lipinski definition) is 7.